The van der Waals surface area contributed by atoms with Crippen LogP contribution < -0.4 is 11.2 Å². The summed E-state index contributed by atoms with van der Waals surface area (Å²) in [7, 11) is 0. The lowest BCUT2D eigenvalue weighted by molar-refractivity contribution is 0.132. The standard InChI is InChI=1S/C16H20N2O3/c1-2-21-12-14-11-18(16(20)17-15(14)19)10-6-9-13-7-4-3-5-8-13/h3-5,7-8,11H,2,6,9-10,12H2,1H3,(H,17,19,20). The smallest absolute Gasteiger partial charge is 0.328 e. The van der Waals surface area contributed by atoms with Gasteiger partial charge in [0.2, 0.25) is 0 Å². The summed E-state index contributed by atoms with van der Waals surface area (Å²) < 4.78 is 6.77. The predicted molar refractivity (Wildman–Crippen MR) is 81.4 cm³/mol. The van der Waals surface area contributed by atoms with Crippen molar-refractivity contribution in [2.24, 2.45) is 0 Å². The third-order valence-electron chi connectivity index (χ3n) is 3.25. The second-order valence-corrected chi connectivity index (χ2v) is 4.83. The normalized spacial score (nSPS) is 10.7. The number of H-pyrrole nitrogens is 1. The molecule has 1 aromatic carbocycles. The highest BCUT2D eigenvalue weighted by Crippen LogP contribution is 2.03. The first-order chi connectivity index (χ1) is 10.2. The molecule has 0 saturated heterocycles. The Balaban J connectivity index is 2.02. The van der Waals surface area contributed by atoms with Crippen LogP contribution in [-0.4, -0.2) is 16.2 Å². The van der Waals surface area contributed by atoms with E-state index in [9.17, 15) is 9.59 Å². The fourth-order valence-electron chi connectivity index (χ4n) is 2.13. The SMILES string of the molecule is CCOCc1cn(CCCc2ccccc2)c(=O)[nH]c1=O. The van der Waals surface area contributed by atoms with Crippen LogP contribution in [0.25, 0.3) is 0 Å². The summed E-state index contributed by atoms with van der Waals surface area (Å²) in [5.41, 5.74) is 0.988. The fourth-order valence-corrected chi connectivity index (χ4v) is 2.13. The zero-order valence-corrected chi connectivity index (χ0v) is 12.2. The van der Waals surface area contributed by atoms with Crippen molar-refractivity contribution in [1.82, 2.24) is 9.55 Å². The summed E-state index contributed by atoms with van der Waals surface area (Å²) in [5, 5.41) is 0. The third kappa shape index (κ3) is 4.43. The molecule has 0 atom stereocenters. The van der Waals surface area contributed by atoms with Crippen LogP contribution in [0.15, 0.2) is 46.1 Å². The third-order valence-corrected chi connectivity index (χ3v) is 3.25. The first-order valence-corrected chi connectivity index (χ1v) is 7.15. The van der Waals surface area contributed by atoms with Crippen molar-refractivity contribution in [3.63, 3.8) is 0 Å². The monoisotopic (exact) mass is 288 g/mol. The van der Waals surface area contributed by atoms with Crippen LogP contribution >= 0.6 is 0 Å². The molecule has 0 saturated carbocycles. The molecule has 1 aromatic heterocycles. The van der Waals surface area contributed by atoms with Crippen LogP contribution in [0.2, 0.25) is 0 Å². The van der Waals surface area contributed by atoms with Gasteiger partial charge in [0.15, 0.2) is 0 Å². The number of nitrogens with zero attached hydrogens (tertiary/aromatic N) is 1. The molecule has 1 heterocycles. The molecule has 2 rings (SSSR count). The molecule has 0 radical (unpaired) electrons. The molecule has 0 unspecified atom stereocenters. The zero-order chi connectivity index (χ0) is 15.1. The Morgan fingerprint density at radius 3 is 2.67 bits per heavy atom. The number of aromatic nitrogens is 2. The highest BCUT2D eigenvalue weighted by atomic mass is 16.5. The van der Waals surface area contributed by atoms with Gasteiger partial charge in [0, 0.05) is 19.3 Å². The van der Waals surface area contributed by atoms with Gasteiger partial charge in [-0.2, -0.15) is 0 Å². The Labute approximate surface area is 123 Å². The van der Waals surface area contributed by atoms with Gasteiger partial charge < -0.3 is 9.30 Å². The van der Waals surface area contributed by atoms with E-state index >= 15 is 0 Å². The number of benzene rings is 1. The molecule has 112 valence electrons. The molecule has 0 aliphatic heterocycles. The summed E-state index contributed by atoms with van der Waals surface area (Å²) in [5.74, 6) is 0. The molecule has 2 aromatic rings. The fraction of sp³-hybridized carbons (Fsp3) is 0.375. The second-order valence-electron chi connectivity index (χ2n) is 4.83. The number of aryl methyl sites for hydroxylation is 2. The molecule has 0 spiro atoms. The second kappa shape index (κ2) is 7.59. The summed E-state index contributed by atoms with van der Waals surface area (Å²) in [6, 6.07) is 10.1. The molecular formula is C16H20N2O3. The summed E-state index contributed by atoms with van der Waals surface area (Å²) in [4.78, 5) is 25.8. The zero-order valence-electron chi connectivity index (χ0n) is 12.2. The number of hydrogen-bond acceptors (Lipinski definition) is 3. The average Bonchev–Trinajstić information content (AvgIpc) is 2.49. The molecule has 0 amide bonds. The minimum atomic E-state index is -0.368. The van der Waals surface area contributed by atoms with Crippen LogP contribution in [0.3, 0.4) is 0 Å². The van der Waals surface area contributed by atoms with E-state index in [0.29, 0.717) is 18.7 Å². The van der Waals surface area contributed by atoms with Crippen LogP contribution in [-0.2, 0) is 24.3 Å². The van der Waals surface area contributed by atoms with E-state index < -0.39 is 0 Å². The number of nitrogens with one attached hydrogen (secondary N) is 1. The maximum atomic E-state index is 11.8. The number of ether oxygens (including phenoxy) is 1. The van der Waals surface area contributed by atoms with Crippen LogP contribution in [0, 0.1) is 0 Å². The van der Waals surface area contributed by atoms with Gasteiger partial charge in [-0.15, -0.1) is 0 Å². The Hall–Kier alpha value is -2.14. The highest BCUT2D eigenvalue weighted by Gasteiger charge is 2.05. The van der Waals surface area contributed by atoms with Crippen molar-refractivity contribution in [2.45, 2.75) is 32.9 Å². The molecule has 0 bridgehead atoms. The maximum Gasteiger partial charge on any atom is 0.328 e. The van der Waals surface area contributed by atoms with Gasteiger partial charge in [-0.3, -0.25) is 9.78 Å². The minimum absolute atomic E-state index is 0.227. The Kier molecular flexibility index (Phi) is 5.51. The predicted octanol–water partition coefficient (Wildman–Crippen LogP) is 1.71. The molecule has 5 nitrogen and oxygen atoms in total. The average molecular weight is 288 g/mol. The first kappa shape index (κ1) is 15.3. The summed E-state index contributed by atoms with van der Waals surface area (Å²) in [6.45, 7) is 3.20. The molecule has 0 aliphatic rings. The Morgan fingerprint density at radius 1 is 1.19 bits per heavy atom. The Morgan fingerprint density at radius 2 is 1.95 bits per heavy atom. The van der Waals surface area contributed by atoms with Crippen molar-refractivity contribution < 1.29 is 4.74 Å². The summed E-state index contributed by atoms with van der Waals surface area (Å²) >= 11 is 0. The number of rotatable bonds is 7. The van der Waals surface area contributed by atoms with Crippen molar-refractivity contribution in [1.29, 1.82) is 0 Å². The topological polar surface area (TPSA) is 64.1 Å². The summed E-state index contributed by atoms with van der Waals surface area (Å²) in [6.07, 6.45) is 3.33. The Bertz CT molecular complexity index is 674. The minimum Gasteiger partial charge on any atom is -0.377 e. The van der Waals surface area contributed by atoms with Crippen molar-refractivity contribution >= 4 is 0 Å². The molecule has 0 fully saturated rings. The van der Waals surface area contributed by atoms with Gasteiger partial charge in [-0.05, 0) is 25.3 Å². The van der Waals surface area contributed by atoms with Gasteiger partial charge in [0.05, 0.1) is 12.2 Å². The van der Waals surface area contributed by atoms with E-state index in [1.54, 1.807) is 10.8 Å². The van der Waals surface area contributed by atoms with Crippen LogP contribution in [0.1, 0.15) is 24.5 Å². The van der Waals surface area contributed by atoms with Crippen LogP contribution in [0.5, 0.6) is 0 Å². The van der Waals surface area contributed by atoms with E-state index in [0.717, 1.165) is 12.8 Å². The van der Waals surface area contributed by atoms with Crippen molar-refractivity contribution in [3.8, 4) is 0 Å². The highest BCUT2D eigenvalue weighted by molar-refractivity contribution is 5.14. The molecule has 5 heteroatoms. The van der Waals surface area contributed by atoms with E-state index in [4.69, 9.17) is 4.74 Å². The molecule has 1 N–H and O–H groups in total. The van der Waals surface area contributed by atoms with E-state index in [1.165, 1.54) is 5.56 Å². The first-order valence-electron chi connectivity index (χ1n) is 7.15. The molecule has 0 aliphatic carbocycles. The van der Waals surface area contributed by atoms with Gasteiger partial charge in [-0.25, -0.2) is 4.79 Å². The largest absolute Gasteiger partial charge is 0.377 e. The van der Waals surface area contributed by atoms with E-state index in [-0.39, 0.29) is 17.9 Å². The number of hydrogen-bond donors (Lipinski definition) is 1. The lowest BCUT2D eigenvalue weighted by Crippen LogP contribution is -2.32. The van der Waals surface area contributed by atoms with Crippen LogP contribution in [0.4, 0.5) is 0 Å². The van der Waals surface area contributed by atoms with Crippen molar-refractivity contribution in [2.75, 3.05) is 6.61 Å². The van der Waals surface area contributed by atoms with Gasteiger partial charge >= 0.3 is 5.69 Å². The lowest BCUT2D eigenvalue weighted by Gasteiger charge is -2.08. The van der Waals surface area contributed by atoms with Gasteiger partial charge in [0.1, 0.15) is 0 Å². The maximum absolute atomic E-state index is 11.8. The van der Waals surface area contributed by atoms with E-state index in [2.05, 4.69) is 17.1 Å². The molecule has 21 heavy (non-hydrogen) atoms. The van der Waals surface area contributed by atoms with Gasteiger partial charge in [-0.1, -0.05) is 30.3 Å². The lowest BCUT2D eigenvalue weighted by atomic mass is 10.1. The quantitative estimate of drug-likeness (QED) is 0.843. The van der Waals surface area contributed by atoms with Gasteiger partial charge in [0.25, 0.3) is 5.56 Å². The molecular weight excluding hydrogens is 268 g/mol. The van der Waals surface area contributed by atoms with Crippen molar-refractivity contribution in [3.05, 3.63) is 68.5 Å². The van der Waals surface area contributed by atoms with E-state index in [1.807, 2.05) is 25.1 Å². The number of aromatic amines is 1.